The van der Waals surface area contributed by atoms with Crippen molar-refractivity contribution in [3.8, 4) is 0 Å². The van der Waals surface area contributed by atoms with Gasteiger partial charge in [0, 0.05) is 52.4 Å². The average molecular weight is 411 g/mol. The van der Waals surface area contributed by atoms with Gasteiger partial charge < -0.3 is 10.0 Å². The number of carbonyl (C=O) groups is 1. The number of hydrogen-bond donors (Lipinski definition) is 1. The second-order valence-electron chi connectivity index (χ2n) is 7.75. The molecule has 8 nitrogen and oxygen atoms in total. The van der Waals surface area contributed by atoms with Gasteiger partial charge in [0.05, 0.1) is 0 Å². The minimum absolute atomic E-state index is 0.309. The summed E-state index contributed by atoms with van der Waals surface area (Å²) < 4.78 is 28.9. The van der Waals surface area contributed by atoms with E-state index in [-0.39, 0.29) is 0 Å². The first-order valence-electron chi connectivity index (χ1n) is 9.68. The Hall–Kier alpha value is -1.52. The van der Waals surface area contributed by atoms with Crippen LogP contribution in [0.1, 0.15) is 22.7 Å². The maximum Gasteiger partial charge on any atom is 0.325 e. The summed E-state index contributed by atoms with van der Waals surface area (Å²) in [4.78, 5) is 16.0. The minimum atomic E-state index is -3.49. The third kappa shape index (κ3) is 4.38. The number of nitrogens with zero attached hydrogens (tertiary/aromatic N) is 4. The summed E-state index contributed by atoms with van der Waals surface area (Å²) in [6.45, 7) is 7.74. The summed E-state index contributed by atoms with van der Waals surface area (Å²) in [5.41, 5.74) is 2.73. The van der Waals surface area contributed by atoms with Gasteiger partial charge in [0.25, 0.3) is 10.2 Å². The molecule has 0 spiro atoms. The lowest BCUT2D eigenvalue weighted by molar-refractivity contribution is -0.144. The molecule has 9 heteroatoms. The molecule has 0 aliphatic carbocycles. The molecule has 1 unspecified atom stereocenters. The quantitative estimate of drug-likeness (QED) is 0.763. The molecule has 2 saturated heterocycles. The first-order valence-corrected chi connectivity index (χ1v) is 11.1. The Balaban J connectivity index is 1.71. The van der Waals surface area contributed by atoms with Gasteiger partial charge in [0.15, 0.2) is 0 Å². The number of carboxylic acid groups (broad SMARTS) is 1. The van der Waals surface area contributed by atoms with E-state index in [1.54, 1.807) is 4.31 Å². The van der Waals surface area contributed by atoms with Gasteiger partial charge in [-0.05, 0) is 32.0 Å². The molecule has 2 fully saturated rings. The Labute approximate surface area is 167 Å². The summed E-state index contributed by atoms with van der Waals surface area (Å²) >= 11 is 0. The fourth-order valence-corrected chi connectivity index (χ4v) is 5.49. The zero-order valence-electron chi connectivity index (χ0n) is 16.8. The van der Waals surface area contributed by atoms with Gasteiger partial charge in [-0.15, -0.1) is 0 Å². The third-order valence-corrected chi connectivity index (χ3v) is 7.75. The van der Waals surface area contributed by atoms with E-state index in [1.165, 1.54) is 4.31 Å². The number of benzene rings is 1. The predicted molar refractivity (Wildman–Crippen MR) is 107 cm³/mol. The Bertz CT molecular complexity index is 813. The SMILES string of the molecule is Cc1ccc(C)c(C(C(=O)O)N2CCN(S(=O)(=O)N3CCN(C)CC3)CC2)c1. The van der Waals surface area contributed by atoms with Crippen LogP contribution in [-0.4, -0.2) is 97.3 Å². The molecule has 1 atom stereocenters. The van der Waals surface area contributed by atoms with Gasteiger partial charge in [0.1, 0.15) is 6.04 Å². The molecule has 2 aliphatic heterocycles. The van der Waals surface area contributed by atoms with Crippen LogP contribution in [0.15, 0.2) is 18.2 Å². The largest absolute Gasteiger partial charge is 0.480 e. The zero-order valence-corrected chi connectivity index (χ0v) is 17.7. The molecular formula is C19H30N4O4S. The molecule has 2 heterocycles. The highest BCUT2D eigenvalue weighted by Crippen LogP contribution is 2.27. The number of likely N-dealkylation sites (N-methyl/N-ethyl adjacent to an activating group) is 1. The predicted octanol–water partition coefficient (Wildman–Crippen LogP) is 0.539. The van der Waals surface area contributed by atoms with Gasteiger partial charge in [-0.1, -0.05) is 23.8 Å². The van der Waals surface area contributed by atoms with E-state index in [4.69, 9.17) is 0 Å². The maximum atomic E-state index is 12.9. The van der Waals surface area contributed by atoms with Crippen molar-refractivity contribution in [3.05, 3.63) is 34.9 Å². The molecule has 0 amide bonds. The second kappa shape index (κ2) is 8.46. The van der Waals surface area contributed by atoms with Gasteiger partial charge >= 0.3 is 5.97 Å². The smallest absolute Gasteiger partial charge is 0.325 e. The van der Waals surface area contributed by atoms with Gasteiger partial charge in [-0.2, -0.15) is 17.0 Å². The van der Waals surface area contributed by atoms with Crippen LogP contribution < -0.4 is 0 Å². The van der Waals surface area contributed by atoms with Crippen LogP contribution in [0.2, 0.25) is 0 Å². The summed E-state index contributed by atoms with van der Waals surface area (Å²) in [6, 6.07) is 5.07. The van der Waals surface area contributed by atoms with Crippen molar-refractivity contribution in [2.24, 2.45) is 0 Å². The molecule has 28 heavy (non-hydrogen) atoms. The topological polar surface area (TPSA) is 84.4 Å². The normalized spacial score (nSPS) is 22.2. The van der Waals surface area contributed by atoms with E-state index in [1.807, 2.05) is 44.0 Å². The third-order valence-electron chi connectivity index (χ3n) is 5.72. The Kier molecular flexibility index (Phi) is 6.41. The first kappa shape index (κ1) is 21.2. The van der Waals surface area contributed by atoms with E-state index in [2.05, 4.69) is 4.90 Å². The molecule has 2 aliphatic rings. The summed E-state index contributed by atoms with van der Waals surface area (Å²) in [5.74, 6) is -0.899. The molecule has 0 saturated carbocycles. The van der Waals surface area contributed by atoms with Crippen molar-refractivity contribution in [1.82, 2.24) is 18.4 Å². The molecule has 0 aromatic heterocycles. The molecule has 1 aromatic carbocycles. The first-order chi connectivity index (χ1) is 13.2. The highest BCUT2D eigenvalue weighted by molar-refractivity contribution is 7.86. The number of rotatable bonds is 5. The lowest BCUT2D eigenvalue weighted by atomic mass is 9.97. The van der Waals surface area contributed by atoms with E-state index in [9.17, 15) is 18.3 Å². The number of piperazine rings is 2. The molecule has 156 valence electrons. The molecule has 3 rings (SSSR count). The monoisotopic (exact) mass is 410 g/mol. The second-order valence-corrected chi connectivity index (χ2v) is 9.67. The van der Waals surface area contributed by atoms with Gasteiger partial charge in [-0.25, -0.2) is 0 Å². The Morgan fingerprint density at radius 3 is 2.04 bits per heavy atom. The van der Waals surface area contributed by atoms with E-state index in [0.717, 1.165) is 29.8 Å². The lowest BCUT2D eigenvalue weighted by Crippen LogP contribution is -2.57. The van der Waals surface area contributed by atoms with Crippen LogP contribution in [0.3, 0.4) is 0 Å². The zero-order chi connectivity index (χ0) is 20.5. The summed E-state index contributed by atoms with van der Waals surface area (Å²) in [7, 11) is -1.50. The van der Waals surface area contributed by atoms with Gasteiger partial charge in [0.2, 0.25) is 0 Å². The van der Waals surface area contributed by atoms with Crippen LogP contribution in [0.4, 0.5) is 0 Å². The van der Waals surface area contributed by atoms with Crippen molar-refractivity contribution in [2.75, 3.05) is 59.4 Å². The number of hydrogen-bond acceptors (Lipinski definition) is 5. The fourth-order valence-electron chi connectivity index (χ4n) is 3.92. The summed E-state index contributed by atoms with van der Waals surface area (Å²) in [6.07, 6.45) is 0. The standard InChI is InChI=1S/C19H30N4O4S/c1-15-4-5-16(2)17(14-15)18(19(24)25)21-8-12-23(13-9-21)28(26,27)22-10-6-20(3)7-11-22/h4-5,14,18H,6-13H2,1-3H3,(H,24,25). The van der Waals surface area contributed by atoms with E-state index >= 15 is 0 Å². The van der Waals surface area contributed by atoms with Crippen molar-refractivity contribution in [2.45, 2.75) is 19.9 Å². The molecule has 0 bridgehead atoms. The van der Waals surface area contributed by atoms with E-state index in [0.29, 0.717) is 39.3 Å². The fraction of sp³-hybridized carbons (Fsp3) is 0.632. The van der Waals surface area contributed by atoms with Crippen LogP contribution in [0.25, 0.3) is 0 Å². The van der Waals surface area contributed by atoms with Crippen LogP contribution in [-0.2, 0) is 15.0 Å². The van der Waals surface area contributed by atoms with Crippen LogP contribution in [0.5, 0.6) is 0 Å². The highest BCUT2D eigenvalue weighted by atomic mass is 32.2. The molecule has 0 radical (unpaired) electrons. The number of aliphatic carboxylic acids is 1. The molecular weight excluding hydrogens is 380 g/mol. The van der Waals surface area contributed by atoms with Crippen LogP contribution >= 0.6 is 0 Å². The number of aryl methyl sites for hydroxylation is 2. The Morgan fingerprint density at radius 1 is 0.964 bits per heavy atom. The lowest BCUT2D eigenvalue weighted by Gasteiger charge is -2.40. The van der Waals surface area contributed by atoms with Crippen molar-refractivity contribution in [3.63, 3.8) is 0 Å². The highest BCUT2D eigenvalue weighted by Gasteiger charge is 2.37. The maximum absolute atomic E-state index is 12.9. The molecule has 1 N–H and O–H groups in total. The van der Waals surface area contributed by atoms with Crippen molar-refractivity contribution < 1.29 is 18.3 Å². The minimum Gasteiger partial charge on any atom is -0.480 e. The summed E-state index contributed by atoms with van der Waals surface area (Å²) in [5, 5.41) is 9.86. The Morgan fingerprint density at radius 2 is 1.50 bits per heavy atom. The van der Waals surface area contributed by atoms with E-state index < -0.39 is 22.2 Å². The van der Waals surface area contributed by atoms with Crippen molar-refractivity contribution in [1.29, 1.82) is 0 Å². The molecule has 1 aromatic rings. The van der Waals surface area contributed by atoms with Gasteiger partial charge in [-0.3, -0.25) is 9.69 Å². The van der Waals surface area contributed by atoms with Crippen LogP contribution in [0, 0.1) is 13.8 Å². The van der Waals surface area contributed by atoms with Crippen molar-refractivity contribution >= 4 is 16.2 Å². The number of carboxylic acids is 1. The average Bonchev–Trinajstić information content (AvgIpc) is 2.65.